The molecule has 0 saturated carbocycles. The molecule has 0 aliphatic carbocycles. The number of nitrogens with one attached hydrogen (secondary N) is 3. The van der Waals surface area contributed by atoms with E-state index in [0.717, 1.165) is 17.2 Å². The first-order valence-electron chi connectivity index (χ1n) is 5.34. The van der Waals surface area contributed by atoms with E-state index in [0.29, 0.717) is 18.9 Å². The highest BCUT2D eigenvalue weighted by Crippen LogP contribution is 2.18. The highest BCUT2D eigenvalue weighted by Gasteiger charge is 2.07. The van der Waals surface area contributed by atoms with Gasteiger partial charge in [0.05, 0.1) is 0 Å². The Labute approximate surface area is 100 Å². The number of aryl methyl sites for hydroxylation is 1. The predicted molar refractivity (Wildman–Crippen MR) is 67.1 cm³/mol. The molecule has 0 aliphatic heterocycles. The summed E-state index contributed by atoms with van der Waals surface area (Å²) in [5.41, 5.74) is 5.90. The standard InChI is InChI=1S/C10H18N6O/c1-6-8(12-3)15-7(2)16-9(6)13-4-5-14-10(11)17/h4-5H2,1-3H3,(H3,11,14,17)(H2,12,13,15,16). The van der Waals surface area contributed by atoms with E-state index < -0.39 is 6.03 Å². The maximum Gasteiger partial charge on any atom is 0.312 e. The summed E-state index contributed by atoms with van der Waals surface area (Å²) in [6.07, 6.45) is 0. The van der Waals surface area contributed by atoms with Crippen molar-refractivity contribution in [2.24, 2.45) is 5.73 Å². The molecular weight excluding hydrogens is 220 g/mol. The van der Waals surface area contributed by atoms with E-state index in [1.54, 1.807) is 0 Å². The van der Waals surface area contributed by atoms with Crippen LogP contribution in [-0.2, 0) is 0 Å². The average Bonchev–Trinajstić information content (AvgIpc) is 2.28. The van der Waals surface area contributed by atoms with Crippen molar-refractivity contribution in [3.05, 3.63) is 11.4 Å². The molecule has 0 fully saturated rings. The first-order chi connectivity index (χ1) is 8.04. The van der Waals surface area contributed by atoms with Crippen molar-refractivity contribution >= 4 is 17.7 Å². The topological polar surface area (TPSA) is 105 Å². The van der Waals surface area contributed by atoms with Gasteiger partial charge in [0, 0.05) is 25.7 Å². The zero-order valence-corrected chi connectivity index (χ0v) is 10.3. The fourth-order valence-corrected chi connectivity index (χ4v) is 1.41. The minimum atomic E-state index is -0.529. The molecule has 5 N–H and O–H groups in total. The number of nitrogens with zero attached hydrogens (tertiary/aromatic N) is 2. The molecule has 17 heavy (non-hydrogen) atoms. The molecule has 7 nitrogen and oxygen atoms in total. The summed E-state index contributed by atoms with van der Waals surface area (Å²) in [5, 5.41) is 8.62. The summed E-state index contributed by atoms with van der Waals surface area (Å²) >= 11 is 0. The second-order valence-electron chi connectivity index (χ2n) is 3.56. The number of hydrogen-bond acceptors (Lipinski definition) is 5. The third kappa shape index (κ3) is 3.78. The van der Waals surface area contributed by atoms with Crippen molar-refractivity contribution < 1.29 is 4.79 Å². The molecule has 0 radical (unpaired) electrons. The summed E-state index contributed by atoms with van der Waals surface area (Å²) in [6, 6.07) is -0.529. The van der Waals surface area contributed by atoms with Crippen LogP contribution in [-0.4, -0.2) is 36.1 Å². The number of carbonyl (C=O) groups excluding carboxylic acids is 1. The van der Waals surface area contributed by atoms with Crippen LogP contribution in [0.25, 0.3) is 0 Å². The third-order valence-corrected chi connectivity index (χ3v) is 2.21. The van der Waals surface area contributed by atoms with Crippen LogP contribution in [0.1, 0.15) is 11.4 Å². The number of anilines is 2. The summed E-state index contributed by atoms with van der Waals surface area (Å²) in [6.45, 7) is 4.76. The molecular formula is C10H18N6O. The van der Waals surface area contributed by atoms with E-state index in [1.807, 2.05) is 20.9 Å². The number of hydrogen-bond donors (Lipinski definition) is 4. The SMILES string of the molecule is CNc1nc(C)nc(NCCNC(N)=O)c1C. The quantitative estimate of drug-likeness (QED) is 0.549. The van der Waals surface area contributed by atoms with E-state index in [4.69, 9.17) is 5.73 Å². The van der Waals surface area contributed by atoms with Crippen LogP contribution < -0.4 is 21.7 Å². The Morgan fingerprint density at radius 2 is 1.88 bits per heavy atom. The van der Waals surface area contributed by atoms with Gasteiger partial charge in [0.25, 0.3) is 0 Å². The first kappa shape index (κ1) is 13.0. The fourth-order valence-electron chi connectivity index (χ4n) is 1.41. The molecule has 1 aromatic rings. The van der Waals surface area contributed by atoms with E-state index in [1.165, 1.54) is 0 Å². The van der Waals surface area contributed by atoms with Gasteiger partial charge in [-0.05, 0) is 13.8 Å². The number of amides is 2. The van der Waals surface area contributed by atoms with Gasteiger partial charge in [-0.15, -0.1) is 0 Å². The highest BCUT2D eigenvalue weighted by atomic mass is 16.2. The summed E-state index contributed by atoms with van der Waals surface area (Å²) in [5.74, 6) is 2.24. The molecule has 1 heterocycles. The van der Waals surface area contributed by atoms with Crippen LogP contribution >= 0.6 is 0 Å². The highest BCUT2D eigenvalue weighted by molar-refractivity contribution is 5.71. The lowest BCUT2D eigenvalue weighted by molar-refractivity contribution is 0.249. The monoisotopic (exact) mass is 238 g/mol. The molecule has 1 rings (SSSR count). The molecule has 0 bridgehead atoms. The lowest BCUT2D eigenvalue weighted by atomic mass is 10.3. The van der Waals surface area contributed by atoms with Gasteiger partial charge in [-0.25, -0.2) is 14.8 Å². The van der Waals surface area contributed by atoms with Gasteiger partial charge in [0.15, 0.2) is 0 Å². The van der Waals surface area contributed by atoms with Gasteiger partial charge in [0.2, 0.25) is 0 Å². The van der Waals surface area contributed by atoms with E-state index >= 15 is 0 Å². The molecule has 2 amide bonds. The lowest BCUT2D eigenvalue weighted by Gasteiger charge is -2.12. The lowest BCUT2D eigenvalue weighted by Crippen LogP contribution is -2.33. The second kappa shape index (κ2) is 5.88. The largest absolute Gasteiger partial charge is 0.373 e. The van der Waals surface area contributed by atoms with Crippen LogP contribution in [0.5, 0.6) is 0 Å². The van der Waals surface area contributed by atoms with Gasteiger partial charge in [-0.3, -0.25) is 0 Å². The average molecular weight is 238 g/mol. The Morgan fingerprint density at radius 1 is 1.24 bits per heavy atom. The zero-order valence-electron chi connectivity index (χ0n) is 10.3. The van der Waals surface area contributed by atoms with Crippen LogP contribution in [0.3, 0.4) is 0 Å². The number of primary amides is 1. The predicted octanol–water partition coefficient (Wildman–Crippen LogP) is 0.215. The van der Waals surface area contributed by atoms with Gasteiger partial charge >= 0.3 is 6.03 Å². The van der Waals surface area contributed by atoms with Crippen LogP contribution in [0.2, 0.25) is 0 Å². The smallest absolute Gasteiger partial charge is 0.312 e. The van der Waals surface area contributed by atoms with Crippen LogP contribution in [0.4, 0.5) is 16.4 Å². The second-order valence-corrected chi connectivity index (χ2v) is 3.56. The molecule has 0 unspecified atom stereocenters. The summed E-state index contributed by atoms with van der Waals surface area (Å²) < 4.78 is 0. The molecule has 0 spiro atoms. The van der Waals surface area contributed by atoms with Gasteiger partial charge in [-0.2, -0.15) is 0 Å². The molecule has 0 atom stereocenters. The normalized spacial score (nSPS) is 9.82. The van der Waals surface area contributed by atoms with Crippen molar-refractivity contribution in [2.45, 2.75) is 13.8 Å². The Hall–Kier alpha value is -2.05. The Kier molecular flexibility index (Phi) is 4.50. The number of aromatic nitrogens is 2. The van der Waals surface area contributed by atoms with Gasteiger partial charge < -0.3 is 21.7 Å². The number of urea groups is 1. The Balaban J connectivity index is 2.64. The first-order valence-corrected chi connectivity index (χ1v) is 5.34. The van der Waals surface area contributed by atoms with E-state index in [-0.39, 0.29) is 0 Å². The molecule has 1 aromatic heterocycles. The molecule has 7 heteroatoms. The number of nitrogens with two attached hydrogens (primary N) is 1. The molecule has 0 saturated heterocycles. The third-order valence-electron chi connectivity index (χ3n) is 2.21. The van der Waals surface area contributed by atoms with Crippen LogP contribution in [0.15, 0.2) is 0 Å². The minimum Gasteiger partial charge on any atom is -0.373 e. The molecule has 0 aliphatic rings. The van der Waals surface area contributed by atoms with Crippen molar-refractivity contribution in [3.8, 4) is 0 Å². The van der Waals surface area contributed by atoms with Crippen molar-refractivity contribution in [1.29, 1.82) is 0 Å². The summed E-state index contributed by atoms with van der Waals surface area (Å²) in [4.78, 5) is 19.0. The Morgan fingerprint density at radius 3 is 2.47 bits per heavy atom. The maximum absolute atomic E-state index is 10.5. The molecule has 0 aromatic carbocycles. The fraction of sp³-hybridized carbons (Fsp3) is 0.500. The van der Waals surface area contributed by atoms with Crippen molar-refractivity contribution in [1.82, 2.24) is 15.3 Å². The summed E-state index contributed by atoms with van der Waals surface area (Å²) in [7, 11) is 1.81. The number of carbonyl (C=O) groups is 1. The van der Waals surface area contributed by atoms with Gasteiger partial charge in [0.1, 0.15) is 17.5 Å². The minimum absolute atomic E-state index is 0.451. The van der Waals surface area contributed by atoms with E-state index in [2.05, 4.69) is 25.9 Å². The Bertz CT molecular complexity index is 406. The van der Waals surface area contributed by atoms with Crippen molar-refractivity contribution in [2.75, 3.05) is 30.8 Å². The molecule has 94 valence electrons. The van der Waals surface area contributed by atoms with E-state index in [9.17, 15) is 4.79 Å². The maximum atomic E-state index is 10.5. The zero-order chi connectivity index (χ0) is 12.8. The van der Waals surface area contributed by atoms with Crippen LogP contribution in [0, 0.1) is 13.8 Å². The van der Waals surface area contributed by atoms with Crippen molar-refractivity contribution in [3.63, 3.8) is 0 Å². The number of rotatable bonds is 5. The van der Waals surface area contributed by atoms with Gasteiger partial charge in [-0.1, -0.05) is 0 Å².